The minimum Gasteiger partial charge on any atom is -0.508 e. The molecule has 0 bridgehead atoms. The van der Waals surface area contributed by atoms with Gasteiger partial charge < -0.3 is 15.2 Å². The molecule has 16 heavy (non-hydrogen) atoms. The maximum atomic E-state index is 9.30. The average molecular weight is 219 g/mol. The summed E-state index contributed by atoms with van der Waals surface area (Å²) >= 11 is 0. The summed E-state index contributed by atoms with van der Waals surface area (Å²) in [6.07, 6.45) is 3.25. The Morgan fingerprint density at radius 1 is 1.31 bits per heavy atom. The van der Waals surface area contributed by atoms with Gasteiger partial charge in [-0.15, -0.1) is 0 Å². The lowest BCUT2D eigenvalue weighted by Crippen LogP contribution is -2.20. The number of phenolic OH excluding ortho intramolecular Hbond substituents is 1. The van der Waals surface area contributed by atoms with Crippen molar-refractivity contribution in [2.75, 3.05) is 19.8 Å². The van der Waals surface area contributed by atoms with Gasteiger partial charge in [0.25, 0.3) is 0 Å². The third kappa shape index (κ3) is 3.36. The van der Waals surface area contributed by atoms with Crippen LogP contribution in [-0.4, -0.2) is 24.9 Å². The van der Waals surface area contributed by atoms with Crippen LogP contribution in [0, 0.1) is 0 Å². The number of hydrogen-bond acceptors (Lipinski definition) is 3. The summed E-state index contributed by atoms with van der Waals surface area (Å²) in [6, 6.07) is 7.31. The zero-order chi connectivity index (χ0) is 11.2. The summed E-state index contributed by atoms with van der Waals surface area (Å²) in [4.78, 5) is 0. The standard InChI is InChI=1S/C13H17NO2/c15-13-5-1-3-11(7-13)8-14-9-12-4-2-6-16-10-12/h1,3-5,7,14-15H,2,6,8-10H2. The summed E-state index contributed by atoms with van der Waals surface area (Å²) in [5, 5.41) is 12.6. The first-order chi connectivity index (χ1) is 7.84. The molecule has 0 aromatic heterocycles. The van der Waals surface area contributed by atoms with E-state index in [0.717, 1.165) is 38.3 Å². The highest BCUT2D eigenvalue weighted by molar-refractivity contribution is 5.27. The van der Waals surface area contributed by atoms with Gasteiger partial charge in [-0.25, -0.2) is 0 Å². The first kappa shape index (κ1) is 11.2. The number of benzene rings is 1. The Kier molecular flexibility index (Phi) is 3.97. The van der Waals surface area contributed by atoms with E-state index >= 15 is 0 Å². The van der Waals surface area contributed by atoms with Gasteiger partial charge in [0.1, 0.15) is 5.75 Å². The van der Waals surface area contributed by atoms with Crippen LogP contribution < -0.4 is 5.32 Å². The van der Waals surface area contributed by atoms with Crippen molar-refractivity contribution in [1.29, 1.82) is 0 Å². The number of rotatable bonds is 4. The van der Waals surface area contributed by atoms with Gasteiger partial charge in [-0.05, 0) is 29.7 Å². The number of aromatic hydroxyl groups is 1. The van der Waals surface area contributed by atoms with Crippen molar-refractivity contribution in [1.82, 2.24) is 5.32 Å². The van der Waals surface area contributed by atoms with Crippen LogP contribution in [-0.2, 0) is 11.3 Å². The van der Waals surface area contributed by atoms with Crippen LogP contribution in [0.1, 0.15) is 12.0 Å². The van der Waals surface area contributed by atoms with Gasteiger partial charge in [-0.1, -0.05) is 18.2 Å². The molecular formula is C13H17NO2. The topological polar surface area (TPSA) is 41.5 Å². The zero-order valence-corrected chi connectivity index (χ0v) is 9.28. The molecule has 1 aromatic rings. The molecule has 2 N–H and O–H groups in total. The van der Waals surface area contributed by atoms with Gasteiger partial charge in [0.05, 0.1) is 13.2 Å². The molecule has 0 fully saturated rings. The lowest BCUT2D eigenvalue weighted by molar-refractivity contribution is 0.149. The molecule has 0 spiro atoms. The van der Waals surface area contributed by atoms with E-state index in [-0.39, 0.29) is 0 Å². The molecule has 0 unspecified atom stereocenters. The molecular weight excluding hydrogens is 202 g/mol. The predicted octanol–water partition coefficient (Wildman–Crippen LogP) is 1.83. The van der Waals surface area contributed by atoms with Gasteiger partial charge in [0.2, 0.25) is 0 Å². The summed E-state index contributed by atoms with van der Waals surface area (Å²) in [6.45, 7) is 3.21. The second-order valence-electron chi connectivity index (χ2n) is 3.98. The fourth-order valence-electron chi connectivity index (χ4n) is 1.77. The second kappa shape index (κ2) is 5.68. The third-order valence-electron chi connectivity index (χ3n) is 2.57. The summed E-state index contributed by atoms with van der Waals surface area (Å²) in [7, 11) is 0. The number of nitrogens with one attached hydrogen (secondary N) is 1. The Balaban J connectivity index is 1.77. The summed E-state index contributed by atoms with van der Waals surface area (Å²) in [5.41, 5.74) is 2.41. The molecule has 2 rings (SSSR count). The van der Waals surface area contributed by atoms with Crippen LogP contribution in [0.4, 0.5) is 0 Å². The molecule has 3 nitrogen and oxygen atoms in total. The normalized spacial score (nSPS) is 15.9. The van der Waals surface area contributed by atoms with E-state index in [9.17, 15) is 5.11 Å². The maximum Gasteiger partial charge on any atom is 0.115 e. The molecule has 0 radical (unpaired) electrons. The summed E-state index contributed by atoms with van der Waals surface area (Å²) < 4.78 is 5.36. The quantitative estimate of drug-likeness (QED) is 0.759. The van der Waals surface area contributed by atoms with Crippen LogP contribution in [0.5, 0.6) is 5.75 Å². The Morgan fingerprint density at radius 2 is 2.25 bits per heavy atom. The largest absolute Gasteiger partial charge is 0.508 e. The highest BCUT2D eigenvalue weighted by atomic mass is 16.5. The fraction of sp³-hybridized carbons (Fsp3) is 0.385. The minimum atomic E-state index is 0.319. The molecule has 1 aliphatic rings. The van der Waals surface area contributed by atoms with Crippen LogP contribution in [0.15, 0.2) is 35.9 Å². The van der Waals surface area contributed by atoms with Crippen molar-refractivity contribution < 1.29 is 9.84 Å². The maximum absolute atomic E-state index is 9.30. The molecule has 0 atom stereocenters. The molecule has 3 heteroatoms. The highest BCUT2D eigenvalue weighted by Crippen LogP contribution is 2.10. The Labute approximate surface area is 95.7 Å². The van der Waals surface area contributed by atoms with Gasteiger partial charge in [-0.3, -0.25) is 0 Å². The second-order valence-corrected chi connectivity index (χ2v) is 3.98. The van der Waals surface area contributed by atoms with Gasteiger partial charge in [0, 0.05) is 13.1 Å². The van der Waals surface area contributed by atoms with Gasteiger partial charge >= 0.3 is 0 Å². The average Bonchev–Trinajstić information content (AvgIpc) is 2.30. The van der Waals surface area contributed by atoms with Crippen molar-refractivity contribution in [2.24, 2.45) is 0 Å². The highest BCUT2D eigenvalue weighted by Gasteiger charge is 2.02. The lowest BCUT2D eigenvalue weighted by atomic mass is 10.2. The Hall–Kier alpha value is -1.32. The predicted molar refractivity (Wildman–Crippen MR) is 63.3 cm³/mol. The van der Waals surface area contributed by atoms with Crippen molar-refractivity contribution in [3.05, 3.63) is 41.5 Å². The summed E-state index contributed by atoms with van der Waals surface area (Å²) in [5.74, 6) is 0.319. The molecule has 0 saturated carbocycles. The molecule has 0 amide bonds. The molecule has 0 aliphatic carbocycles. The van der Waals surface area contributed by atoms with Crippen molar-refractivity contribution in [3.63, 3.8) is 0 Å². The van der Waals surface area contributed by atoms with E-state index < -0.39 is 0 Å². The van der Waals surface area contributed by atoms with Crippen LogP contribution in [0.25, 0.3) is 0 Å². The third-order valence-corrected chi connectivity index (χ3v) is 2.57. The molecule has 1 heterocycles. The van der Waals surface area contributed by atoms with Crippen LogP contribution >= 0.6 is 0 Å². The van der Waals surface area contributed by atoms with E-state index in [2.05, 4.69) is 11.4 Å². The molecule has 86 valence electrons. The Morgan fingerprint density at radius 3 is 3.00 bits per heavy atom. The molecule has 1 aromatic carbocycles. The van der Waals surface area contributed by atoms with Gasteiger partial charge in [0.15, 0.2) is 0 Å². The SMILES string of the molecule is Oc1cccc(CNCC2=CCCOC2)c1. The van der Waals surface area contributed by atoms with Crippen LogP contribution in [0.3, 0.4) is 0 Å². The molecule has 1 aliphatic heterocycles. The first-order valence-corrected chi connectivity index (χ1v) is 5.59. The monoisotopic (exact) mass is 219 g/mol. The Bertz CT molecular complexity index is 374. The van der Waals surface area contributed by atoms with Crippen molar-refractivity contribution >= 4 is 0 Å². The van der Waals surface area contributed by atoms with Crippen molar-refractivity contribution in [2.45, 2.75) is 13.0 Å². The smallest absolute Gasteiger partial charge is 0.115 e. The minimum absolute atomic E-state index is 0.319. The zero-order valence-electron chi connectivity index (χ0n) is 9.28. The van der Waals surface area contributed by atoms with E-state index in [1.807, 2.05) is 12.1 Å². The number of phenols is 1. The molecule has 0 saturated heterocycles. The van der Waals surface area contributed by atoms with Crippen molar-refractivity contribution in [3.8, 4) is 5.75 Å². The van der Waals surface area contributed by atoms with E-state index in [4.69, 9.17) is 4.74 Å². The number of hydrogen-bond donors (Lipinski definition) is 2. The van der Waals surface area contributed by atoms with Gasteiger partial charge in [-0.2, -0.15) is 0 Å². The first-order valence-electron chi connectivity index (χ1n) is 5.59. The van der Waals surface area contributed by atoms with Crippen LogP contribution in [0.2, 0.25) is 0 Å². The lowest BCUT2D eigenvalue weighted by Gasteiger charge is -2.14. The fourth-order valence-corrected chi connectivity index (χ4v) is 1.77. The van der Waals surface area contributed by atoms with E-state index in [1.54, 1.807) is 12.1 Å². The van der Waals surface area contributed by atoms with E-state index in [1.165, 1.54) is 5.57 Å². The van der Waals surface area contributed by atoms with E-state index in [0.29, 0.717) is 5.75 Å². The number of ether oxygens (including phenoxy) is 1.